The normalized spacial score (nSPS) is 11.4. The average Bonchev–Trinajstić information content (AvgIpc) is 3.23. The van der Waals surface area contributed by atoms with E-state index in [1.165, 1.54) is 23.2 Å². The monoisotopic (exact) mass is 400 g/mol. The molecule has 0 bridgehead atoms. The molecule has 148 valence electrons. The minimum atomic E-state index is -0.557. The molecule has 5 rings (SSSR count). The third-order valence-electron chi connectivity index (χ3n) is 5.14. The third kappa shape index (κ3) is 2.40. The molecular weight excluding hydrogens is 384 g/mol. The van der Waals surface area contributed by atoms with E-state index in [9.17, 15) is 14.4 Å². The van der Waals surface area contributed by atoms with Gasteiger partial charge in [0.25, 0.3) is 11.1 Å². The molecule has 0 atom stereocenters. The number of hydrogen-bond donors (Lipinski definition) is 0. The first-order valence-electron chi connectivity index (χ1n) is 9.25. The molecule has 3 aromatic heterocycles. The highest BCUT2D eigenvalue weighted by atomic mass is 16.3. The van der Waals surface area contributed by atoms with E-state index in [2.05, 4.69) is 4.98 Å². The molecular formula is C22H16N4O4. The van der Waals surface area contributed by atoms with Gasteiger partial charge in [-0.1, -0.05) is 36.4 Å². The molecule has 8 heteroatoms. The Morgan fingerprint density at radius 1 is 0.800 bits per heavy atom. The van der Waals surface area contributed by atoms with Crippen LogP contribution in [-0.4, -0.2) is 18.7 Å². The van der Waals surface area contributed by atoms with Crippen molar-refractivity contribution >= 4 is 22.1 Å². The van der Waals surface area contributed by atoms with E-state index in [4.69, 9.17) is 4.42 Å². The van der Waals surface area contributed by atoms with Gasteiger partial charge in [-0.2, -0.15) is 0 Å². The number of aryl methyl sites for hydroxylation is 1. The Morgan fingerprint density at radius 2 is 1.43 bits per heavy atom. The standard InChI is InChI=1S/C22H16N4O4/c1-24-19-15(20(27)25(2)22(24)29)17-16(21(28)26(19)14-11-7-4-8-12-14)23-18(30-17)13-9-5-3-6-10-13/h3-12H,1-2H3. The van der Waals surface area contributed by atoms with Crippen molar-refractivity contribution in [3.8, 4) is 17.1 Å². The summed E-state index contributed by atoms with van der Waals surface area (Å²) in [6.07, 6.45) is 0. The summed E-state index contributed by atoms with van der Waals surface area (Å²) in [6.45, 7) is 0. The van der Waals surface area contributed by atoms with Gasteiger partial charge in [0.05, 0.1) is 5.69 Å². The SMILES string of the molecule is Cn1c(=O)c2c3oc(-c4ccccc4)nc3c(=O)n(-c3ccccc3)c2n(C)c1=O. The number of fused-ring (bicyclic) bond motifs is 3. The fraction of sp³-hybridized carbons (Fsp3) is 0.0909. The zero-order valence-corrected chi connectivity index (χ0v) is 16.2. The van der Waals surface area contributed by atoms with Crippen molar-refractivity contribution in [3.63, 3.8) is 0 Å². The van der Waals surface area contributed by atoms with Gasteiger partial charge in [-0.15, -0.1) is 0 Å². The summed E-state index contributed by atoms with van der Waals surface area (Å²) in [4.78, 5) is 43.6. The largest absolute Gasteiger partial charge is 0.435 e. The Balaban J connectivity index is 2.06. The molecule has 0 saturated carbocycles. The van der Waals surface area contributed by atoms with Crippen LogP contribution in [0.1, 0.15) is 0 Å². The van der Waals surface area contributed by atoms with Crippen LogP contribution in [0.2, 0.25) is 0 Å². The van der Waals surface area contributed by atoms with E-state index < -0.39 is 16.8 Å². The second-order valence-corrected chi connectivity index (χ2v) is 6.94. The molecule has 0 spiro atoms. The lowest BCUT2D eigenvalue weighted by Crippen LogP contribution is -2.39. The maximum absolute atomic E-state index is 13.5. The Kier molecular flexibility index (Phi) is 3.82. The van der Waals surface area contributed by atoms with Crippen LogP contribution in [0, 0.1) is 0 Å². The average molecular weight is 400 g/mol. The molecule has 0 fully saturated rings. The highest BCUT2D eigenvalue weighted by Crippen LogP contribution is 2.27. The topological polar surface area (TPSA) is 92.0 Å². The van der Waals surface area contributed by atoms with Gasteiger partial charge in [-0.25, -0.2) is 9.78 Å². The van der Waals surface area contributed by atoms with Gasteiger partial charge in [-0.05, 0) is 24.3 Å². The number of hydrogen-bond acceptors (Lipinski definition) is 5. The van der Waals surface area contributed by atoms with Crippen molar-refractivity contribution in [3.05, 3.63) is 91.9 Å². The van der Waals surface area contributed by atoms with Gasteiger partial charge in [-0.3, -0.25) is 23.3 Å². The first kappa shape index (κ1) is 17.9. The first-order chi connectivity index (χ1) is 14.5. The lowest BCUT2D eigenvalue weighted by atomic mass is 10.2. The number of nitrogens with zero attached hydrogens (tertiary/aromatic N) is 4. The van der Waals surface area contributed by atoms with Crippen LogP contribution in [0.3, 0.4) is 0 Å². The molecule has 8 nitrogen and oxygen atoms in total. The number of benzene rings is 2. The predicted octanol–water partition coefficient (Wildman–Crippen LogP) is 2.20. The first-order valence-corrected chi connectivity index (χ1v) is 9.25. The van der Waals surface area contributed by atoms with Gasteiger partial charge in [0.2, 0.25) is 5.89 Å². The molecule has 3 heterocycles. The molecule has 0 unspecified atom stereocenters. The van der Waals surface area contributed by atoms with E-state index in [0.717, 1.165) is 4.57 Å². The maximum Gasteiger partial charge on any atom is 0.332 e. The Hall–Kier alpha value is -4.20. The minimum Gasteiger partial charge on any atom is -0.435 e. The molecule has 0 aliphatic carbocycles. The van der Waals surface area contributed by atoms with Gasteiger partial charge >= 0.3 is 5.69 Å². The summed E-state index contributed by atoms with van der Waals surface area (Å²) >= 11 is 0. The quantitative estimate of drug-likeness (QED) is 0.453. The highest BCUT2D eigenvalue weighted by Gasteiger charge is 2.24. The molecule has 0 saturated heterocycles. The van der Waals surface area contributed by atoms with Crippen LogP contribution < -0.4 is 16.8 Å². The molecule has 30 heavy (non-hydrogen) atoms. The summed E-state index contributed by atoms with van der Waals surface area (Å²) in [5.74, 6) is 0.228. The van der Waals surface area contributed by atoms with Crippen LogP contribution in [0.25, 0.3) is 39.3 Å². The minimum absolute atomic E-state index is 0.0287. The molecule has 0 N–H and O–H groups in total. The van der Waals surface area contributed by atoms with Gasteiger partial charge < -0.3 is 4.42 Å². The number of aromatic nitrogens is 4. The molecule has 2 aromatic carbocycles. The Labute approximate surface area is 168 Å². The van der Waals surface area contributed by atoms with Crippen molar-refractivity contribution in [2.75, 3.05) is 0 Å². The predicted molar refractivity (Wildman–Crippen MR) is 113 cm³/mol. The van der Waals surface area contributed by atoms with Crippen molar-refractivity contribution in [2.24, 2.45) is 14.1 Å². The number of rotatable bonds is 2. The smallest absolute Gasteiger partial charge is 0.332 e. The second-order valence-electron chi connectivity index (χ2n) is 6.94. The molecule has 0 amide bonds. The van der Waals surface area contributed by atoms with Gasteiger partial charge in [0.1, 0.15) is 11.0 Å². The van der Waals surface area contributed by atoms with E-state index in [0.29, 0.717) is 11.3 Å². The zero-order valence-electron chi connectivity index (χ0n) is 16.2. The third-order valence-corrected chi connectivity index (χ3v) is 5.14. The highest BCUT2D eigenvalue weighted by molar-refractivity contribution is 6.00. The van der Waals surface area contributed by atoms with Gasteiger partial charge in [0, 0.05) is 19.7 Å². The van der Waals surface area contributed by atoms with E-state index in [-0.39, 0.29) is 28.0 Å². The van der Waals surface area contributed by atoms with Crippen LogP contribution in [0.5, 0.6) is 0 Å². The summed E-state index contributed by atoms with van der Waals surface area (Å²) < 4.78 is 9.51. The Morgan fingerprint density at radius 3 is 2.10 bits per heavy atom. The maximum atomic E-state index is 13.5. The lowest BCUT2D eigenvalue weighted by molar-refractivity contribution is 0.620. The van der Waals surface area contributed by atoms with Gasteiger partial charge in [0.15, 0.2) is 11.1 Å². The van der Waals surface area contributed by atoms with E-state index in [1.807, 2.05) is 24.3 Å². The summed E-state index contributed by atoms with van der Waals surface area (Å²) in [5.41, 5.74) is -0.132. The van der Waals surface area contributed by atoms with Crippen molar-refractivity contribution in [1.29, 1.82) is 0 Å². The van der Waals surface area contributed by atoms with Crippen LogP contribution in [0.4, 0.5) is 0 Å². The van der Waals surface area contributed by atoms with E-state index >= 15 is 0 Å². The fourth-order valence-corrected chi connectivity index (χ4v) is 3.65. The number of para-hydroxylation sites is 1. The summed E-state index contributed by atoms with van der Waals surface area (Å²) in [6, 6.07) is 17.9. The second kappa shape index (κ2) is 6.41. The van der Waals surface area contributed by atoms with Crippen LogP contribution >= 0.6 is 0 Å². The van der Waals surface area contributed by atoms with E-state index in [1.54, 1.807) is 36.4 Å². The Bertz CT molecular complexity index is 1610. The number of oxazole rings is 1. The van der Waals surface area contributed by atoms with Crippen molar-refractivity contribution in [2.45, 2.75) is 0 Å². The molecule has 5 aromatic rings. The number of pyridine rings is 1. The van der Waals surface area contributed by atoms with Crippen LogP contribution in [-0.2, 0) is 14.1 Å². The zero-order chi connectivity index (χ0) is 21.0. The fourth-order valence-electron chi connectivity index (χ4n) is 3.65. The van der Waals surface area contributed by atoms with Crippen LogP contribution in [0.15, 0.2) is 79.5 Å². The molecule has 0 aliphatic rings. The van der Waals surface area contributed by atoms with Crippen molar-refractivity contribution in [1.82, 2.24) is 18.7 Å². The summed E-state index contributed by atoms with van der Waals surface area (Å²) in [7, 11) is 2.91. The summed E-state index contributed by atoms with van der Waals surface area (Å²) in [5, 5.41) is 0.118. The van der Waals surface area contributed by atoms with Crippen molar-refractivity contribution < 1.29 is 4.42 Å². The molecule has 0 radical (unpaired) electrons. The lowest BCUT2D eigenvalue weighted by Gasteiger charge is -2.14. The molecule has 0 aliphatic heterocycles.